The molecule has 6 aromatic rings. The monoisotopic (exact) mass is 1180 g/mol. The van der Waals surface area contributed by atoms with E-state index in [1.807, 2.05) is 109 Å². The summed E-state index contributed by atoms with van der Waals surface area (Å²) in [5.41, 5.74) is 3.46. The second-order valence-electron chi connectivity index (χ2n) is 27.8. The molecular weight excluding hydrogens is 1100 g/mol. The van der Waals surface area contributed by atoms with Gasteiger partial charge in [0.05, 0.1) is 59.8 Å². The molecular formula is C60H88N16O6Si2. The van der Waals surface area contributed by atoms with Crippen LogP contribution in [0.4, 0.5) is 9.59 Å². The number of nitrogens with zero attached hydrogens (tertiary/aromatic N) is 16. The minimum absolute atomic E-state index is 0.248. The molecule has 0 N–H and O–H groups in total. The highest BCUT2D eigenvalue weighted by Gasteiger charge is 2.51. The van der Waals surface area contributed by atoms with E-state index in [4.69, 9.17) is 29.1 Å². The Labute approximate surface area is 497 Å². The standard InChI is InChI=1S/2C30H44N8O3Si/c2*1-29(2,3)41-28(39)36-13-11-35(12-14-36)24-17-30(18-24,8-9-31)38-20-23(19-34-38)26-25-7-10-37(27(25)33-21-32-26)22-40-15-16-42(4,5)6/h2*7,10,19-21,24H,8,11-18,22H2,1-6H3. The van der Waals surface area contributed by atoms with Crippen LogP contribution >= 0.6 is 0 Å². The molecule has 24 heteroatoms. The van der Waals surface area contributed by atoms with E-state index in [9.17, 15) is 20.1 Å². The highest BCUT2D eigenvalue weighted by molar-refractivity contribution is 6.76. The van der Waals surface area contributed by atoms with Crippen molar-refractivity contribution < 1.29 is 28.5 Å². The van der Waals surface area contributed by atoms with Gasteiger partial charge in [-0.25, -0.2) is 29.5 Å². The average Bonchev–Trinajstić information content (AvgIpc) is 2.71. The van der Waals surface area contributed by atoms with Crippen LogP contribution in [-0.4, -0.2) is 185 Å². The number of hydrogen-bond acceptors (Lipinski definition) is 16. The summed E-state index contributed by atoms with van der Waals surface area (Å²) in [6.07, 6.45) is 18.6. The molecule has 0 bridgehead atoms. The Hall–Kier alpha value is -6.55. The fourth-order valence-corrected chi connectivity index (χ4v) is 13.1. The second kappa shape index (κ2) is 25.2. The van der Waals surface area contributed by atoms with Crippen molar-refractivity contribution in [2.45, 2.75) is 179 Å². The maximum Gasteiger partial charge on any atom is 0.410 e. The first kappa shape index (κ1) is 62.0. The number of nitriles is 2. The predicted octanol–water partition coefficient (Wildman–Crippen LogP) is 9.86. The van der Waals surface area contributed by atoms with Crippen LogP contribution in [0.2, 0.25) is 51.4 Å². The molecule has 0 radical (unpaired) electrons. The third kappa shape index (κ3) is 14.9. The predicted molar refractivity (Wildman–Crippen MR) is 327 cm³/mol. The van der Waals surface area contributed by atoms with E-state index in [2.05, 4.69) is 81.2 Å². The van der Waals surface area contributed by atoms with Crippen molar-refractivity contribution in [3.8, 4) is 34.7 Å². The lowest BCUT2D eigenvalue weighted by atomic mass is 9.70. The first-order valence-electron chi connectivity index (χ1n) is 29.8. The fourth-order valence-electron chi connectivity index (χ4n) is 11.6. The zero-order valence-electron chi connectivity index (χ0n) is 51.7. The molecule has 2 aliphatic carbocycles. The number of aromatic nitrogens is 10. The molecule has 84 heavy (non-hydrogen) atoms. The molecule has 0 spiro atoms. The largest absolute Gasteiger partial charge is 0.444 e. The summed E-state index contributed by atoms with van der Waals surface area (Å²) in [7, 11) is -2.29. The summed E-state index contributed by atoms with van der Waals surface area (Å²) in [6.45, 7) is 33.6. The number of fused-ring (bicyclic) bond motifs is 2. The molecule has 2 saturated carbocycles. The van der Waals surface area contributed by atoms with Gasteiger partial charge in [0.2, 0.25) is 0 Å². The van der Waals surface area contributed by atoms with Crippen molar-refractivity contribution >= 4 is 50.4 Å². The van der Waals surface area contributed by atoms with Gasteiger partial charge in [-0.3, -0.25) is 19.2 Å². The third-order valence-electron chi connectivity index (χ3n) is 16.5. The molecule has 22 nitrogen and oxygen atoms in total. The van der Waals surface area contributed by atoms with Crippen molar-refractivity contribution in [2.24, 2.45) is 0 Å². The normalized spacial score (nSPS) is 21.7. The van der Waals surface area contributed by atoms with Crippen LogP contribution < -0.4 is 0 Å². The lowest BCUT2D eigenvalue weighted by Crippen LogP contribution is -2.60. The Bertz CT molecular complexity index is 3080. The molecule has 0 aromatic carbocycles. The fraction of sp³-hybridized carbons (Fsp3) is 0.633. The van der Waals surface area contributed by atoms with Crippen LogP contribution in [0.15, 0.2) is 62.0 Å². The second-order valence-corrected chi connectivity index (χ2v) is 39.0. The maximum atomic E-state index is 12.5. The minimum atomic E-state index is -1.14. The summed E-state index contributed by atoms with van der Waals surface area (Å²) in [6, 6.07) is 11.8. The molecule has 2 saturated heterocycles. The Morgan fingerprint density at radius 3 is 1.29 bits per heavy atom. The summed E-state index contributed by atoms with van der Waals surface area (Å²) < 4.78 is 31.0. The molecule has 8 heterocycles. The summed E-state index contributed by atoms with van der Waals surface area (Å²) in [4.78, 5) is 51.7. The number of rotatable bonds is 18. The summed E-state index contributed by atoms with van der Waals surface area (Å²) in [5, 5.41) is 30.8. The summed E-state index contributed by atoms with van der Waals surface area (Å²) in [5.74, 6) is 0. The van der Waals surface area contributed by atoms with Gasteiger partial charge in [0, 0.05) is 140 Å². The topological polar surface area (TPSA) is 229 Å². The van der Waals surface area contributed by atoms with E-state index in [0.29, 0.717) is 64.6 Å². The van der Waals surface area contributed by atoms with Gasteiger partial charge in [0.15, 0.2) is 0 Å². The Kier molecular flexibility index (Phi) is 18.6. The lowest BCUT2D eigenvalue weighted by molar-refractivity contribution is -0.0269. The zero-order valence-corrected chi connectivity index (χ0v) is 53.7. The average molecular weight is 1190 g/mol. The van der Waals surface area contributed by atoms with Gasteiger partial charge >= 0.3 is 12.2 Å². The van der Waals surface area contributed by atoms with E-state index in [1.165, 1.54) is 0 Å². The Morgan fingerprint density at radius 1 is 0.583 bits per heavy atom. The molecule has 6 aromatic heterocycles. The molecule has 4 aliphatic rings. The third-order valence-corrected chi connectivity index (χ3v) is 19.9. The highest BCUT2D eigenvalue weighted by Crippen LogP contribution is 2.47. The number of piperazine rings is 2. The van der Waals surface area contributed by atoms with Crippen LogP contribution in [0, 0.1) is 22.7 Å². The van der Waals surface area contributed by atoms with Crippen LogP contribution in [0.25, 0.3) is 44.6 Å². The van der Waals surface area contributed by atoms with E-state index >= 15 is 0 Å². The van der Waals surface area contributed by atoms with Gasteiger partial charge < -0.3 is 37.9 Å². The maximum absolute atomic E-state index is 12.5. The van der Waals surface area contributed by atoms with Crippen molar-refractivity contribution in [3.05, 3.63) is 62.0 Å². The van der Waals surface area contributed by atoms with Crippen LogP contribution in [0.1, 0.15) is 80.1 Å². The molecule has 452 valence electrons. The number of carbonyl (C=O) groups is 2. The quantitative estimate of drug-likeness (QED) is 0.0576. The Morgan fingerprint density at radius 2 is 0.952 bits per heavy atom. The van der Waals surface area contributed by atoms with Crippen LogP contribution in [0.3, 0.4) is 0 Å². The number of carbonyl (C=O) groups excluding carboxylic acids is 2. The molecule has 4 fully saturated rings. The van der Waals surface area contributed by atoms with E-state index in [-0.39, 0.29) is 23.3 Å². The van der Waals surface area contributed by atoms with Gasteiger partial charge in [-0.2, -0.15) is 20.7 Å². The summed E-state index contributed by atoms with van der Waals surface area (Å²) >= 11 is 0. The van der Waals surface area contributed by atoms with Crippen LogP contribution in [0.5, 0.6) is 0 Å². The van der Waals surface area contributed by atoms with Gasteiger partial charge in [-0.1, -0.05) is 39.3 Å². The van der Waals surface area contributed by atoms with E-state index in [0.717, 1.165) is 122 Å². The smallest absolute Gasteiger partial charge is 0.410 e. The van der Waals surface area contributed by atoms with Crippen molar-refractivity contribution in [3.63, 3.8) is 0 Å². The lowest BCUT2D eigenvalue weighted by Gasteiger charge is -2.52. The molecule has 2 aliphatic heterocycles. The SMILES string of the molecule is CC(C)(C)OC(=O)N1CCN(C2CC(CC#N)(n3cc(-c4ncnc5c4ccn5COCC[Si](C)(C)C)cn3)C2)CC1.CC(C)(C)OC(=O)N1CCN(C2CC(CC#N)(n3cc(-c4ncnc5c4ccn5COCC[Si](C)(C)C)cn3)C2)CC1. The van der Waals surface area contributed by atoms with Gasteiger partial charge in [0.25, 0.3) is 0 Å². The molecule has 10 rings (SSSR count). The highest BCUT2D eigenvalue weighted by atomic mass is 28.3. The zero-order chi connectivity index (χ0) is 60.2. The first-order valence-corrected chi connectivity index (χ1v) is 37.2. The van der Waals surface area contributed by atoms with Gasteiger partial charge in [-0.15, -0.1) is 0 Å². The van der Waals surface area contributed by atoms with Crippen molar-refractivity contribution in [1.82, 2.24) is 68.2 Å². The Balaban J connectivity index is 0.000000202. The van der Waals surface area contributed by atoms with Gasteiger partial charge in [-0.05, 0) is 91.4 Å². The van der Waals surface area contributed by atoms with E-state index < -0.39 is 27.3 Å². The van der Waals surface area contributed by atoms with E-state index in [1.54, 1.807) is 22.5 Å². The minimum Gasteiger partial charge on any atom is -0.444 e. The van der Waals surface area contributed by atoms with Crippen molar-refractivity contribution in [2.75, 3.05) is 65.6 Å². The number of hydrogen-bond donors (Lipinski definition) is 0. The first-order chi connectivity index (χ1) is 39.7. The molecule has 0 unspecified atom stereocenters. The molecule has 0 atom stereocenters. The van der Waals surface area contributed by atoms with Crippen LogP contribution in [-0.2, 0) is 43.5 Å². The number of amides is 2. The number of ether oxygens (including phenoxy) is 4. The van der Waals surface area contributed by atoms with Gasteiger partial charge in [0.1, 0.15) is 48.6 Å². The molecule has 2 amide bonds. The van der Waals surface area contributed by atoms with Crippen molar-refractivity contribution in [1.29, 1.82) is 10.5 Å².